The quantitative estimate of drug-likeness (QED) is 0.835. The first-order valence-corrected chi connectivity index (χ1v) is 7.04. The topological polar surface area (TPSA) is 29.5 Å². The van der Waals surface area contributed by atoms with Crippen molar-refractivity contribution in [3.63, 3.8) is 0 Å². The number of benzene rings is 1. The van der Waals surface area contributed by atoms with E-state index in [-0.39, 0.29) is 0 Å². The number of carbonyl (C=O) groups excluding carboxylic acids is 1. The fourth-order valence-electron chi connectivity index (χ4n) is 3.63. The van der Waals surface area contributed by atoms with Gasteiger partial charge in [-0.25, -0.2) is 0 Å². The Morgan fingerprint density at radius 2 is 1.95 bits per heavy atom. The third-order valence-electron chi connectivity index (χ3n) is 4.75. The molecule has 1 aromatic rings. The summed E-state index contributed by atoms with van der Waals surface area (Å²) in [6.07, 6.45) is 0.710. The van der Waals surface area contributed by atoms with Crippen molar-refractivity contribution in [2.24, 2.45) is 17.8 Å². The van der Waals surface area contributed by atoms with E-state index < -0.39 is 0 Å². The van der Waals surface area contributed by atoms with Gasteiger partial charge in [0.2, 0.25) is 5.91 Å². The SMILES string of the molecule is COc1ccc(CN2C(=O)C[C@H](C)[C@H]3[C@H](C)[C@H]32)cc1. The van der Waals surface area contributed by atoms with Gasteiger partial charge in [0.15, 0.2) is 0 Å². The van der Waals surface area contributed by atoms with Gasteiger partial charge in [-0.3, -0.25) is 4.79 Å². The third-order valence-corrected chi connectivity index (χ3v) is 4.75. The maximum absolute atomic E-state index is 12.2. The van der Waals surface area contributed by atoms with Crippen LogP contribution in [-0.2, 0) is 11.3 Å². The van der Waals surface area contributed by atoms with E-state index in [1.54, 1.807) is 7.11 Å². The fraction of sp³-hybridized carbons (Fsp3) is 0.562. The Morgan fingerprint density at radius 3 is 2.58 bits per heavy atom. The van der Waals surface area contributed by atoms with Crippen LogP contribution in [0.4, 0.5) is 0 Å². The van der Waals surface area contributed by atoms with Crippen LogP contribution in [0.1, 0.15) is 25.8 Å². The highest BCUT2D eigenvalue weighted by Crippen LogP contribution is 2.52. The van der Waals surface area contributed by atoms with Gasteiger partial charge in [0.05, 0.1) is 7.11 Å². The van der Waals surface area contributed by atoms with Crippen LogP contribution in [0.15, 0.2) is 24.3 Å². The summed E-state index contributed by atoms with van der Waals surface area (Å²) >= 11 is 0. The van der Waals surface area contributed by atoms with Crippen molar-refractivity contribution in [1.82, 2.24) is 4.90 Å². The van der Waals surface area contributed by atoms with Gasteiger partial charge in [0.1, 0.15) is 5.75 Å². The maximum atomic E-state index is 12.2. The zero-order valence-corrected chi connectivity index (χ0v) is 11.8. The van der Waals surface area contributed by atoms with Crippen LogP contribution in [0.3, 0.4) is 0 Å². The van der Waals surface area contributed by atoms with Crippen molar-refractivity contribution < 1.29 is 9.53 Å². The second-order valence-corrected chi connectivity index (χ2v) is 5.98. The lowest BCUT2D eigenvalue weighted by Gasteiger charge is -2.29. The normalized spacial score (nSPS) is 33.0. The first-order valence-electron chi connectivity index (χ1n) is 7.04. The molecule has 3 heteroatoms. The van der Waals surface area contributed by atoms with Crippen molar-refractivity contribution in [3.05, 3.63) is 29.8 Å². The number of rotatable bonds is 3. The van der Waals surface area contributed by atoms with Gasteiger partial charge in [0.25, 0.3) is 0 Å². The molecule has 0 aromatic heterocycles. The number of nitrogens with zero attached hydrogens (tertiary/aromatic N) is 1. The monoisotopic (exact) mass is 259 g/mol. The minimum Gasteiger partial charge on any atom is -0.497 e. The number of hydrogen-bond donors (Lipinski definition) is 0. The molecule has 0 spiro atoms. The standard InChI is InChI=1S/C16H21NO2/c1-10-8-14(18)17(16-11(2)15(10)16)9-12-4-6-13(19-3)7-5-12/h4-7,10-11,15-16H,8-9H2,1-3H3/t10-,11-,15-,16+/m0/s1. The number of carbonyl (C=O) groups is 1. The van der Waals surface area contributed by atoms with Crippen LogP contribution >= 0.6 is 0 Å². The minimum absolute atomic E-state index is 0.314. The molecule has 102 valence electrons. The molecular weight excluding hydrogens is 238 g/mol. The molecular formula is C16H21NO2. The summed E-state index contributed by atoms with van der Waals surface area (Å²) in [7, 11) is 1.67. The van der Waals surface area contributed by atoms with Gasteiger partial charge >= 0.3 is 0 Å². The molecule has 3 nitrogen and oxygen atoms in total. The largest absolute Gasteiger partial charge is 0.497 e. The lowest BCUT2D eigenvalue weighted by atomic mass is 9.96. The third kappa shape index (κ3) is 2.11. The Morgan fingerprint density at radius 1 is 1.26 bits per heavy atom. The fourth-order valence-corrected chi connectivity index (χ4v) is 3.63. The average Bonchev–Trinajstić information content (AvgIpc) is 3.07. The predicted molar refractivity (Wildman–Crippen MR) is 73.8 cm³/mol. The molecule has 1 saturated carbocycles. The molecule has 4 atom stereocenters. The highest BCUT2D eigenvalue weighted by atomic mass is 16.5. The number of methoxy groups -OCH3 is 1. The number of likely N-dealkylation sites (tertiary alicyclic amines) is 1. The van der Waals surface area contributed by atoms with Crippen molar-refractivity contribution in [3.8, 4) is 5.75 Å². The first kappa shape index (κ1) is 12.5. The van der Waals surface area contributed by atoms with Crippen LogP contribution in [0.2, 0.25) is 0 Å². The molecule has 0 radical (unpaired) electrons. The number of piperidine rings is 1. The highest BCUT2D eigenvalue weighted by Gasteiger charge is 2.57. The highest BCUT2D eigenvalue weighted by molar-refractivity contribution is 5.78. The Balaban J connectivity index is 1.73. The number of hydrogen-bond acceptors (Lipinski definition) is 2. The van der Waals surface area contributed by atoms with Gasteiger partial charge in [-0.1, -0.05) is 26.0 Å². The Labute approximate surface area is 114 Å². The van der Waals surface area contributed by atoms with Gasteiger partial charge in [-0.05, 0) is 35.4 Å². The molecule has 1 heterocycles. The first-order chi connectivity index (χ1) is 9.11. The molecule has 2 aliphatic rings. The van der Waals surface area contributed by atoms with Crippen LogP contribution in [-0.4, -0.2) is 24.0 Å². The van der Waals surface area contributed by atoms with Crippen molar-refractivity contribution in [2.45, 2.75) is 32.9 Å². The zero-order valence-electron chi connectivity index (χ0n) is 11.8. The predicted octanol–water partition coefficient (Wildman–Crippen LogP) is 2.70. The molecule has 0 bridgehead atoms. The molecule has 1 saturated heterocycles. The minimum atomic E-state index is 0.314. The second-order valence-electron chi connectivity index (χ2n) is 5.98. The van der Waals surface area contributed by atoms with E-state index in [2.05, 4.69) is 18.7 Å². The molecule has 1 aliphatic carbocycles. The molecule has 2 fully saturated rings. The van der Waals surface area contributed by atoms with Gasteiger partial charge in [-0.2, -0.15) is 0 Å². The van der Waals surface area contributed by atoms with Gasteiger partial charge in [-0.15, -0.1) is 0 Å². The summed E-state index contributed by atoms with van der Waals surface area (Å²) in [5.41, 5.74) is 1.18. The van der Waals surface area contributed by atoms with E-state index in [1.165, 1.54) is 5.56 Å². The number of ether oxygens (including phenoxy) is 1. The van der Waals surface area contributed by atoms with E-state index in [0.717, 1.165) is 18.2 Å². The molecule has 0 unspecified atom stereocenters. The summed E-state index contributed by atoms with van der Waals surface area (Å²) in [6.45, 7) is 5.22. The summed E-state index contributed by atoms with van der Waals surface area (Å²) in [6, 6.07) is 8.48. The number of amides is 1. The summed E-state index contributed by atoms with van der Waals surface area (Å²) in [5, 5.41) is 0. The molecule has 1 aromatic carbocycles. The number of fused-ring (bicyclic) bond motifs is 1. The molecule has 3 rings (SSSR count). The van der Waals surface area contributed by atoms with Crippen LogP contribution in [0, 0.1) is 17.8 Å². The molecule has 1 amide bonds. The summed E-state index contributed by atoms with van der Waals surface area (Å²) in [5.74, 6) is 3.11. The molecule has 0 N–H and O–H groups in total. The average molecular weight is 259 g/mol. The maximum Gasteiger partial charge on any atom is 0.223 e. The van der Waals surface area contributed by atoms with Gasteiger partial charge in [0, 0.05) is 19.0 Å². The van der Waals surface area contributed by atoms with Crippen molar-refractivity contribution in [2.75, 3.05) is 7.11 Å². The van der Waals surface area contributed by atoms with E-state index >= 15 is 0 Å². The Hall–Kier alpha value is -1.51. The zero-order chi connectivity index (χ0) is 13.6. The van der Waals surface area contributed by atoms with Crippen molar-refractivity contribution >= 4 is 5.91 Å². The van der Waals surface area contributed by atoms with E-state index in [4.69, 9.17) is 4.74 Å². The van der Waals surface area contributed by atoms with Crippen LogP contribution < -0.4 is 4.74 Å². The lowest BCUT2D eigenvalue weighted by molar-refractivity contribution is -0.136. The molecule has 1 aliphatic heterocycles. The second kappa shape index (κ2) is 4.55. The van der Waals surface area contributed by atoms with Crippen LogP contribution in [0.25, 0.3) is 0 Å². The molecule has 19 heavy (non-hydrogen) atoms. The van der Waals surface area contributed by atoms with Crippen LogP contribution in [0.5, 0.6) is 5.75 Å². The van der Waals surface area contributed by atoms with E-state index in [0.29, 0.717) is 30.2 Å². The van der Waals surface area contributed by atoms with E-state index in [1.807, 2.05) is 24.3 Å². The Bertz CT molecular complexity index is 482. The van der Waals surface area contributed by atoms with Gasteiger partial charge < -0.3 is 9.64 Å². The summed E-state index contributed by atoms with van der Waals surface area (Å²) in [4.78, 5) is 14.3. The van der Waals surface area contributed by atoms with Crippen molar-refractivity contribution in [1.29, 1.82) is 0 Å². The Kier molecular flexibility index (Phi) is 3.00. The van der Waals surface area contributed by atoms with E-state index in [9.17, 15) is 4.79 Å². The lowest BCUT2D eigenvalue weighted by Crippen LogP contribution is -2.39. The summed E-state index contributed by atoms with van der Waals surface area (Å²) < 4.78 is 5.16. The smallest absolute Gasteiger partial charge is 0.223 e.